The molecule has 1 saturated heterocycles. The Morgan fingerprint density at radius 2 is 1.61 bits per heavy atom. The van der Waals surface area contributed by atoms with Crippen LogP contribution >= 0.6 is 0 Å². The molecule has 0 spiro atoms. The van der Waals surface area contributed by atoms with Gasteiger partial charge in [-0.2, -0.15) is 0 Å². The summed E-state index contributed by atoms with van der Waals surface area (Å²) in [4.78, 5) is 14.2. The lowest BCUT2D eigenvalue weighted by atomic mass is 10.0. The van der Waals surface area contributed by atoms with Crippen LogP contribution in [0.25, 0.3) is 6.08 Å². The maximum atomic E-state index is 12.7. The fourth-order valence-electron chi connectivity index (χ4n) is 3.62. The topological polar surface area (TPSA) is 49.2 Å². The third-order valence-electron chi connectivity index (χ3n) is 5.15. The van der Waals surface area contributed by atoms with Gasteiger partial charge in [-0.05, 0) is 42.0 Å². The van der Waals surface area contributed by atoms with Gasteiger partial charge in [0.2, 0.25) is 0 Å². The molecule has 28 heavy (non-hydrogen) atoms. The first-order chi connectivity index (χ1) is 13.6. The largest absolute Gasteiger partial charge is 0.496 e. The zero-order valence-electron chi connectivity index (χ0n) is 16.8. The minimum Gasteiger partial charge on any atom is -0.496 e. The second-order valence-corrected chi connectivity index (χ2v) is 6.97. The van der Waals surface area contributed by atoms with E-state index >= 15 is 0 Å². The van der Waals surface area contributed by atoms with Gasteiger partial charge in [0.25, 0.3) is 0 Å². The van der Waals surface area contributed by atoms with Crippen molar-refractivity contribution in [2.75, 3.05) is 34.4 Å². The number of likely N-dealkylation sites (tertiary alicyclic amines) is 1. The number of quaternary nitrogens is 1. The van der Waals surface area contributed by atoms with Crippen LogP contribution in [0.5, 0.6) is 17.2 Å². The van der Waals surface area contributed by atoms with Crippen LogP contribution in [0, 0.1) is 0 Å². The lowest BCUT2D eigenvalue weighted by Crippen LogP contribution is -3.08. The highest BCUT2D eigenvalue weighted by Crippen LogP contribution is 2.28. The van der Waals surface area contributed by atoms with Crippen LogP contribution in [0.3, 0.4) is 0 Å². The van der Waals surface area contributed by atoms with E-state index < -0.39 is 0 Å². The Balaban J connectivity index is 1.77. The molecule has 1 aliphatic heterocycles. The number of hydrogen-bond acceptors (Lipinski definition) is 4. The summed E-state index contributed by atoms with van der Waals surface area (Å²) >= 11 is 0. The van der Waals surface area contributed by atoms with Gasteiger partial charge in [0.05, 0.1) is 34.4 Å². The molecule has 5 heteroatoms. The van der Waals surface area contributed by atoms with Crippen molar-refractivity contribution in [2.24, 2.45) is 0 Å². The molecule has 2 aromatic carbocycles. The SMILES string of the molecule is COc1ccc(C(=O)/C=C/c2ccc(OC)c(OC)c2)cc1C[NH+]1CCCC1. The number of hydrogen-bond donors (Lipinski definition) is 1. The van der Waals surface area contributed by atoms with E-state index in [0.29, 0.717) is 17.1 Å². The van der Waals surface area contributed by atoms with Gasteiger partial charge in [-0.25, -0.2) is 0 Å². The van der Waals surface area contributed by atoms with Gasteiger partial charge in [0.15, 0.2) is 17.3 Å². The summed E-state index contributed by atoms with van der Waals surface area (Å²) in [5.41, 5.74) is 2.64. The van der Waals surface area contributed by atoms with Crippen molar-refractivity contribution in [1.82, 2.24) is 0 Å². The van der Waals surface area contributed by atoms with E-state index in [2.05, 4.69) is 0 Å². The highest BCUT2D eigenvalue weighted by molar-refractivity contribution is 6.07. The molecule has 0 unspecified atom stereocenters. The van der Waals surface area contributed by atoms with Gasteiger partial charge in [0.1, 0.15) is 12.3 Å². The summed E-state index contributed by atoms with van der Waals surface area (Å²) < 4.78 is 16.1. The van der Waals surface area contributed by atoms with Crippen LogP contribution in [0.15, 0.2) is 42.5 Å². The van der Waals surface area contributed by atoms with Crippen molar-refractivity contribution in [2.45, 2.75) is 19.4 Å². The predicted molar refractivity (Wildman–Crippen MR) is 110 cm³/mol. The summed E-state index contributed by atoms with van der Waals surface area (Å²) in [5, 5.41) is 0. The Labute approximate surface area is 166 Å². The molecule has 0 aliphatic carbocycles. The molecule has 1 heterocycles. The Morgan fingerprint density at radius 1 is 0.929 bits per heavy atom. The average Bonchev–Trinajstić information content (AvgIpc) is 3.24. The van der Waals surface area contributed by atoms with Gasteiger partial charge in [0, 0.05) is 24.0 Å². The van der Waals surface area contributed by atoms with Gasteiger partial charge in [-0.1, -0.05) is 12.1 Å². The third kappa shape index (κ3) is 4.73. The van der Waals surface area contributed by atoms with Crippen molar-refractivity contribution in [3.63, 3.8) is 0 Å². The van der Waals surface area contributed by atoms with Crippen LogP contribution in [0.1, 0.15) is 34.3 Å². The smallest absolute Gasteiger partial charge is 0.185 e. The quantitative estimate of drug-likeness (QED) is 0.563. The maximum Gasteiger partial charge on any atom is 0.185 e. The number of benzene rings is 2. The van der Waals surface area contributed by atoms with Crippen molar-refractivity contribution in [3.8, 4) is 17.2 Å². The van der Waals surface area contributed by atoms with Crippen molar-refractivity contribution in [3.05, 3.63) is 59.2 Å². The van der Waals surface area contributed by atoms with Crippen LogP contribution in [0.2, 0.25) is 0 Å². The summed E-state index contributed by atoms with van der Waals surface area (Å²) in [5.74, 6) is 2.11. The number of rotatable bonds is 8. The molecule has 0 bridgehead atoms. The number of nitrogens with one attached hydrogen (secondary N) is 1. The number of carbonyl (C=O) groups excluding carboxylic acids is 1. The zero-order chi connectivity index (χ0) is 19.9. The Hall–Kier alpha value is -2.79. The van der Waals surface area contributed by atoms with Crippen molar-refractivity contribution >= 4 is 11.9 Å². The fourth-order valence-corrected chi connectivity index (χ4v) is 3.62. The summed E-state index contributed by atoms with van der Waals surface area (Å²) in [6.07, 6.45) is 5.92. The zero-order valence-corrected chi connectivity index (χ0v) is 16.8. The maximum absolute atomic E-state index is 12.7. The minimum absolute atomic E-state index is 0.0323. The number of ketones is 1. The van der Waals surface area contributed by atoms with Crippen LogP contribution in [-0.2, 0) is 6.54 Å². The van der Waals surface area contributed by atoms with Crippen LogP contribution < -0.4 is 19.1 Å². The highest BCUT2D eigenvalue weighted by Gasteiger charge is 2.18. The normalized spacial score (nSPS) is 14.4. The molecule has 1 fully saturated rings. The molecule has 3 rings (SSSR count). The molecule has 1 aliphatic rings. The molecule has 0 aromatic heterocycles. The lowest BCUT2D eigenvalue weighted by molar-refractivity contribution is -0.901. The van der Waals surface area contributed by atoms with Crippen LogP contribution in [0.4, 0.5) is 0 Å². The molecule has 0 radical (unpaired) electrons. The van der Waals surface area contributed by atoms with E-state index in [4.69, 9.17) is 14.2 Å². The Bertz CT molecular complexity index is 854. The molecule has 2 aromatic rings. The van der Waals surface area contributed by atoms with Gasteiger partial charge >= 0.3 is 0 Å². The van der Waals surface area contributed by atoms with Gasteiger partial charge in [-0.15, -0.1) is 0 Å². The first-order valence-corrected chi connectivity index (χ1v) is 9.59. The molecule has 0 atom stereocenters. The highest BCUT2D eigenvalue weighted by atomic mass is 16.5. The molecule has 5 nitrogen and oxygen atoms in total. The summed E-state index contributed by atoms with van der Waals surface area (Å²) in [7, 11) is 4.87. The minimum atomic E-state index is -0.0323. The van der Waals surface area contributed by atoms with E-state index in [1.807, 2.05) is 36.4 Å². The van der Waals surface area contributed by atoms with E-state index in [0.717, 1.165) is 23.4 Å². The van der Waals surface area contributed by atoms with Crippen molar-refractivity contribution < 1.29 is 23.9 Å². The third-order valence-corrected chi connectivity index (χ3v) is 5.15. The lowest BCUT2D eigenvalue weighted by Gasteiger charge is -2.15. The molecule has 148 valence electrons. The number of allylic oxidation sites excluding steroid dienone is 1. The first-order valence-electron chi connectivity index (χ1n) is 9.59. The first kappa shape index (κ1) is 20.0. The molecule has 1 N–H and O–H groups in total. The fraction of sp³-hybridized carbons (Fsp3) is 0.348. The number of methoxy groups -OCH3 is 3. The second-order valence-electron chi connectivity index (χ2n) is 6.97. The second kappa shape index (κ2) is 9.42. The van der Waals surface area contributed by atoms with Gasteiger partial charge < -0.3 is 19.1 Å². The molecular formula is C23H28NO4+. The Morgan fingerprint density at radius 3 is 2.29 bits per heavy atom. The average molecular weight is 382 g/mol. The standard InChI is InChI=1S/C23H27NO4/c1-26-21-11-8-18(15-19(21)16-24-12-4-5-13-24)20(25)9-6-17-7-10-22(27-2)23(14-17)28-3/h6-11,14-15H,4-5,12-13,16H2,1-3H3/p+1/b9-6+. The summed E-state index contributed by atoms with van der Waals surface area (Å²) in [6, 6.07) is 11.2. The molecular weight excluding hydrogens is 354 g/mol. The molecule has 0 amide bonds. The predicted octanol–water partition coefficient (Wildman–Crippen LogP) is 2.79. The van der Waals surface area contributed by atoms with E-state index in [1.54, 1.807) is 38.4 Å². The van der Waals surface area contributed by atoms with E-state index in [9.17, 15) is 4.79 Å². The monoisotopic (exact) mass is 382 g/mol. The Kier molecular flexibility index (Phi) is 6.71. The number of carbonyl (C=O) groups is 1. The van der Waals surface area contributed by atoms with Crippen LogP contribution in [-0.4, -0.2) is 40.2 Å². The van der Waals surface area contributed by atoms with Crippen molar-refractivity contribution in [1.29, 1.82) is 0 Å². The summed E-state index contributed by atoms with van der Waals surface area (Å²) in [6.45, 7) is 3.25. The van der Waals surface area contributed by atoms with E-state index in [-0.39, 0.29) is 5.78 Å². The van der Waals surface area contributed by atoms with E-state index in [1.165, 1.54) is 25.9 Å². The van der Waals surface area contributed by atoms with Gasteiger partial charge in [-0.3, -0.25) is 4.79 Å². The number of ether oxygens (including phenoxy) is 3. The molecule has 0 saturated carbocycles.